The normalized spacial score (nSPS) is 20.2. The fourth-order valence-electron chi connectivity index (χ4n) is 1.92. The second-order valence-corrected chi connectivity index (χ2v) is 5.97. The van der Waals surface area contributed by atoms with E-state index < -0.39 is 15.3 Å². The van der Waals surface area contributed by atoms with Gasteiger partial charge < -0.3 is 9.64 Å². The van der Waals surface area contributed by atoms with Gasteiger partial charge in [0.15, 0.2) is 0 Å². The maximum absolute atomic E-state index is 11.8. The summed E-state index contributed by atoms with van der Waals surface area (Å²) in [6, 6.07) is 6.91. The van der Waals surface area contributed by atoms with Crippen molar-refractivity contribution in [2.75, 3.05) is 18.6 Å². The zero-order chi connectivity index (χ0) is 13.3. The quantitative estimate of drug-likeness (QED) is 0.842. The summed E-state index contributed by atoms with van der Waals surface area (Å²) in [4.78, 5) is 13.2. The highest BCUT2D eigenvalue weighted by atomic mass is 32.2. The second-order valence-electron chi connectivity index (χ2n) is 4.12. The predicted molar refractivity (Wildman–Crippen MR) is 66.9 cm³/mol. The minimum absolute atomic E-state index is 0.0734. The average Bonchev–Trinajstić information content (AvgIpc) is 2.71. The van der Waals surface area contributed by atoms with Crippen LogP contribution in [-0.4, -0.2) is 33.2 Å². The molecule has 1 aromatic carbocycles. The van der Waals surface area contributed by atoms with Gasteiger partial charge in [0, 0.05) is 24.7 Å². The van der Waals surface area contributed by atoms with Gasteiger partial charge in [-0.05, 0) is 12.1 Å². The third kappa shape index (κ3) is 2.46. The number of carbonyl (C=O) groups excluding carboxylic acids is 1. The molecule has 0 bridgehead atoms. The van der Waals surface area contributed by atoms with Gasteiger partial charge in [0.2, 0.25) is 15.9 Å². The van der Waals surface area contributed by atoms with E-state index in [-0.39, 0.29) is 18.9 Å². The number of anilines is 1. The van der Waals surface area contributed by atoms with Crippen LogP contribution in [-0.2, 0) is 14.8 Å². The molecule has 7 heteroatoms. The van der Waals surface area contributed by atoms with Gasteiger partial charge in [0.1, 0.15) is 11.0 Å². The number of nitrogens with zero attached hydrogens (tertiary/aromatic N) is 1. The molecule has 0 saturated carbocycles. The van der Waals surface area contributed by atoms with Crippen LogP contribution in [0.15, 0.2) is 24.3 Å². The summed E-state index contributed by atoms with van der Waals surface area (Å²) in [5, 5.41) is 4.23. The number of ether oxygens (including phenoxy) is 1. The Morgan fingerprint density at radius 2 is 2.17 bits per heavy atom. The van der Waals surface area contributed by atoms with Crippen molar-refractivity contribution in [1.29, 1.82) is 0 Å². The number of hydrogen-bond donors (Lipinski definition) is 1. The largest absolute Gasteiger partial charge is 0.497 e. The SMILES string of the molecule is COc1cccc(N2CC(S(N)(=O)=O)CC2=O)c1. The Bertz CT molecular complexity index is 570. The lowest BCUT2D eigenvalue weighted by molar-refractivity contribution is -0.117. The van der Waals surface area contributed by atoms with Crippen molar-refractivity contribution in [2.24, 2.45) is 5.14 Å². The van der Waals surface area contributed by atoms with Crippen LogP contribution in [0.25, 0.3) is 0 Å². The number of primary sulfonamides is 1. The number of benzene rings is 1. The highest BCUT2D eigenvalue weighted by Crippen LogP contribution is 2.26. The van der Waals surface area contributed by atoms with E-state index in [1.165, 1.54) is 12.0 Å². The van der Waals surface area contributed by atoms with E-state index in [1.807, 2.05) is 0 Å². The van der Waals surface area contributed by atoms with E-state index in [1.54, 1.807) is 24.3 Å². The van der Waals surface area contributed by atoms with Gasteiger partial charge in [-0.2, -0.15) is 0 Å². The Labute approximate surface area is 105 Å². The maximum Gasteiger partial charge on any atom is 0.228 e. The predicted octanol–water partition coefficient (Wildman–Crippen LogP) is 0.0890. The standard InChI is InChI=1S/C11H14N2O4S/c1-17-9-4-2-3-8(5-9)13-7-10(6-11(13)14)18(12,15)16/h2-5,10H,6-7H2,1H3,(H2,12,15,16). The van der Waals surface area contributed by atoms with Crippen LogP contribution < -0.4 is 14.8 Å². The molecule has 1 aliphatic heterocycles. The Kier molecular flexibility index (Phi) is 3.27. The number of methoxy groups -OCH3 is 1. The first kappa shape index (κ1) is 12.8. The van der Waals surface area contributed by atoms with Gasteiger partial charge >= 0.3 is 0 Å². The zero-order valence-electron chi connectivity index (χ0n) is 9.87. The molecule has 0 aromatic heterocycles. The van der Waals surface area contributed by atoms with E-state index in [0.29, 0.717) is 11.4 Å². The molecular formula is C11H14N2O4S. The number of hydrogen-bond acceptors (Lipinski definition) is 4. The summed E-state index contributed by atoms with van der Waals surface area (Å²) in [7, 11) is -2.16. The molecule has 0 radical (unpaired) electrons. The molecule has 1 amide bonds. The third-order valence-electron chi connectivity index (χ3n) is 2.92. The van der Waals surface area contributed by atoms with E-state index in [2.05, 4.69) is 0 Å². The lowest BCUT2D eigenvalue weighted by atomic mass is 10.3. The van der Waals surface area contributed by atoms with E-state index >= 15 is 0 Å². The van der Waals surface area contributed by atoms with Crippen LogP contribution in [0.2, 0.25) is 0 Å². The molecule has 2 N–H and O–H groups in total. The van der Waals surface area contributed by atoms with E-state index in [9.17, 15) is 13.2 Å². The van der Waals surface area contributed by atoms with Gasteiger partial charge in [0.05, 0.1) is 7.11 Å². The number of nitrogens with two attached hydrogens (primary N) is 1. The molecule has 18 heavy (non-hydrogen) atoms. The zero-order valence-corrected chi connectivity index (χ0v) is 10.7. The Morgan fingerprint density at radius 3 is 2.72 bits per heavy atom. The molecule has 1 aliphatic rings. The molecule has 98 valence electrons. The summed E-state index contributed by atoms with van der Waals surface area (Å²) in [6.07, 6.45) is -0.0734. The Balaban J connectivity index is 2.27. The molecule has 1 saturated heterocycles. The molecule has 1 fully saturated rings. The molecule has 1 unspecified atom stereocenters. The molecule has 2 rings (SSSR count). The van der Waals surface area contributed by atoms with Gasteiger partial charge in [-0.15, -0.1) is 0 Å². The molecule has 1 aromatic rings. The molecule has 1 heterocycles. The van der Waals surface area contributed by atoms with Crippen molar-refractivity contribution in [1.82, 2.24) is 0 Å². The van der Waals surface area contributed by atoms with Crippen molar-refractivity contribution in [3.05, 3.63) is 24.3 Å². The minimum atomic E-state index is -3.69. The number of sulfonamides is 1. The topological polar surface area (TPSA) is 89.7 Å². The maximum atomic E-state index is 11.8. The third-order valence-corrected chi connectivity index (χ3v) is 4.16. The van der Waals surface area contributed by atoms with Gasteiger partial charge in [-0.25, -0.2) is 13.6 Å². The van der Waals surface area contributed by atoms with Crippen molar-refractivity contribution in [3.63, 3.8) is 0 Å². The van der Waals surface area contributed by atoms with Crippen LogP contribution >= 0.6 is 0 Å². The summed E-state index contributed by atoms with van der Waals surface area (Å²) < 4.78 is 27.6. The summed E-state index contributed by atoms with van der Waals surface area (Å²) >= 11 is 0. The number of carbonyl (C=O) groups is 1. The minimum Gasteiger partial charge on any atom is -0.497 e. The number of rotatable bonds is 3. The smallest absolute Gasteiger partial charge is 0.228 e. The summed E-state index contributed by atoms with van der Waals surface area (Å²) in [5.74, 6) is 0.363. The van der Waals surface area contributed by atoms with Crippen LogP contribution in [0, 0.1) is 0 Å². The first-order valence-corrected chi connectivity index (χ1v) is 6.99. The fraction of sp³-hybridized carbons (Fsp3) is 0.364. The van der Waals surface area contributed by atoms with E-state index in [4.69, 9.17) is 9.88 Å². The lowest BCUT2D eigenvalue weighted by Crippen LogP contribution is -2.32. The molecule has 1 atom stereocenters. The summed E-state index contributed by atoms with van der Waals surface area (Å²) in [6.45, 7) is 0.0881. The van der Waals surface area contributed by atoms with Crippen LogP contribution in [0.1, 0.15) is 6.42 Å². The Hall–Kier alpha value is -1.60. The highest BCUT2D eigenvalue weighted by Gasteiger charge is 2.37. The van der Waals surface area contributed by atoms with Crippen LogP contribution in [0.4, 0.5) is 5.69 Å². The molecular weight excluding hydrogens is 256 g/mol. The van der Waals surface area contributed by atoms with Gasteiger partial charge in [0.25, 0.3) is 0 Å². The van der Waals surface area contributed by atoms with Crippen LogP contribution in [0.5, 0.6) is 5.75 Å². The fourth-order valence-corrected chi connectivity index (χ4v) is 2.65. The number of amides is 1. The van der Waals surface area contributed by atoms with Crippen molar-refractivity contribution < 1.29 is 17.9 Å². The van der Waals surface area contributed by atoms with Crippen LogP contribution in [0.3, 0.4) is 0 Å². The van der Waals surface area contributed by atoms with Crippen molar-refractivity contribution in [3.8, 4) is 5.75 Å². The first-order valence-electron chi connectivity index (χ1n) is 5.38. The first-order chi connectivity index (χ1) is 8.41. The van der Waals surface area contributed by atoms with Crippen molar-refractivity contribution in [2.45, 2.75) is 11.7 Å². The van der Waals surface area contributed by atoms with Gasteiger partial charge in [-0.3, -0.25) is 4.79 Å². The second kappa shape index (κ2) is 4.58. The summed E-state index contributed by atoms with van der Waals surface area (Å²) in [5.41, 5.74) is 0.616. The average molecular weight is 270 g/mol. The highest BCUT2D eigenvalue weighted by molar-refractivity contribution is 7.89. The molecule has 0 spiro atoms. The Morgan fingerprint density at radius 1 is 1.44 bits per heavy atom. The van der Waals surface area contributed by atoms with E-state index in [0.717, 1.165) is 0 Å². The van der Waals surface area contributed by atoms with Crippen molar-refractivity contribution >= 4 is 21.6 Å². The lowest BCUT2D eigenvalue weighted by Gasteiger charge is -2.16. The van der Waals surface area contributed by atoms with Gasteiger partial charge in [-0.1, -0.05) is 6.07 Å². The molecule has 0 aliphatic carbocycles. The monoisotopic (exact) mass is 270 g/mol. The molecule has 6 nitrogen and oxygen atoms in total.